The maximum absolute atomic E-state index is 6.00. The number of benzene rings is 1. The van der Waals surface area contributed by atoms with Gasteiger partial charge in [-0.15, -0.1) is 0 Å². The summed E-state index contributed by atoms with van der Waals surface area (Å²) in [4.78, 5) is 0. The van der Waals surface area contributed by atoms with Crippen LogP contribution in [0, 0.1) is 11.8 Å². The van der Waals surface area contributed by atoms with Crippen LogP contribution in [0.2, 0.25) is 5.02 Å². The molecule has 1 aliphatic carbocycles. The molecule has 2 unspecified atom stereocenters. The minimum Gasteiger partial charge on any atom is -0.380 e. The van der Waals surface area contributed by atoms with Crippen LogP contribution in [0.5, 0.6) is 0 Å². The number of halogens is 1. The average Bonchev–Trinajstić information content (AvgIpc) is 3.24. The van der Waals surface area contributed by atoms with E-state index >= 15 is 0 Å². The first-order valence-corrected chi connectivity index (χ1v) is 8.08. The summed E-state index contributed by atoms with van der Waals surface area (Å²) in [6.45, 7) is 8.12. The van der Waals surface area contributed by atoms with Crippen LogP contribution in [-0.2, 0) is 4.74 Å². The van der Waals surface area contributed by atoms with E-state index in [0.717, 1.165) is 24.2 Å². The van der Waals surface area contributed by atoms with Gasteiger partial charge in [-0.05, 0) is 49.3 Å². The van der Waals surface area contributed by atoms with Crippen molar-refractivity contribution < 1.29 is 4.74 Å². The predicted octanol–water partition coefficient (Wildman–Crippen LogP) is 4.44. The molecule has 1 saturated carbocycles. The second-order valence-corrected chi connectivity index (χ2v) is 6.48. The van der Waals surface area contributed by atoms with Gasteiger partial charge in [-0.2, -0.15) is 0 Å². The van der Waals surface area contributed by atoms with Crippen LogP contribution in [0.1, 0.15) is 45.2 Å². The third-order valence-corrected chi connectivity index (χ3v) is 4.27. The van der Waals surface area contributed by atoms with E-state index in [0.29, 0.717) is 18.0 Å². The first kappa shape index (κ1) is 15.8. The maximum Gasteiger partial charge on any atom is 0.0622 e. The minimum absolute atomic E-state index is 0.399. The molecule has 0 saturated heterocycles. The normalized spacial score (nSPS) is 18.2. The number of hydrogen-bond donors (Lipinski definition) is 1. The molecule has 0 amide bonds. The minimum atomic E-state index is 0.399. The molecule has 2 atom stereocenters. The zero-order chi connectivity index (χ0) is 14.5. The summed E-state index contributed by atoms with van der Waals surface area (Å²) < 4.78 is 5.63. The summed E-state index contributed by atoms with van der Waals surface area (Å²) in [6.07, 6.45) is 2.64. The van der Waals surface area contributed by atoms with E-state index in [2.05, 4.69) is 38.2 Å². The first-order chi connectivity index (χ1) is 9.61. The Labute approximate surface area is 127 Å². The van der Waals surface area contributed by atoms with Crippen molar-refractivity contribution in [2.24, 2.45) is 11.8 Å². The fourth-order valence-corrected chi connectivity index (χ4v) is 2.64. The topological polar surface area (TPSA) is 21.3 Å². The summed E-state index contributed by atoms with van der Waals surface area (Å²) in [5.41, 5.74) is 1.35. The highest BCUT2D eigenvalue weighted by molar-refractivity contribution is 6.30. The molecule has 0 aromatic heterocycles. The Bertz CT molecular complexity index is 400. The molecule has 0 aliphatic heterocycles. The Morgan fingerprint density at radius 2 is 1.90 bits per heavy atom. The van der Waals surface area contributed by atoms with Crippen LogP contribution in [0.25, 0.3) is 0 Å². The van der Waals surface area contributed by atoms with E-state index in [1.807, 2.05) is 12.1 Å². The molecule has 2 nitrogen and oxygen atoms in total. The SMILES string of the molecule is CCOCC(NC(c1ccc(Cl)cc1)C1CC1)C(C)C. The zero-order valence-electron chi connectivity index (χ0n) is 12.7. The lowest BCUT2D eigenvalue weighted by Crippen LogP contribution is -2.41. The van der Waals surface area contributed by atoms with Crippen LogP contribution >= 0.6 is 11.6 Å². The van der Waals surface area contributed by atoms with E-state index in [1.165, 1.54) is 18.4 Å². The van der Waals surface area contributed by atoms with Gasteiger partial charge >= 0.3 is 0 Å². The lowest BCUT2D eigenvalue weighted by molar-refractivity contribution is 0.102. The quantitative estimate of drug-likeness (QED) is 0.765. The van der Waals surface area contributed by atoms with Crippen molar-refractivity contribution in [3.8, 4) is 0 Å². The van der Waals surface area contributed by atoms with Crippen LogP contribution in [0.4, 0.5) is 0 Å². The van der Waals surface area contributed by atoms with E-state index in [1.54, 1.807) is 0 Å². The summed E-state index contributed by atoms with van der Waals surface area (Å²) in [7, 11) is 0. The van der Waals surface area contributed by atoms with E-state index < -0.39 is 0 Å². The molecule has 3 heteroatoms. The Morgan fingerprint density at radius 1 is 1.25 bits per heavy atom. The molecule has 2 rings (SSSR count). The highest BCUT2D eigenvalue weighted by atomic mass is 35.5. The van der Waals surface area contributed by atoms with Gasteiger partial charge in [0.05, 0.1) is 6.61 Å². The highest BCUT2D eigenvalue weighted by Crippen LogP contribution is 2.41. The summed E-state index contributed by atoms with van der Waals surface area (Å²) >= 11 is 6.00. The molecule has 20 heavy (non-hydrogen) atoms. The summed E-state index contributed by atoms with van der Waals surface area (Å²) in [5.74, 6) is 1.33. The van der Waals surface area contributed by atoms with Gasteiger partial charge < -0.3 is 10.1 Å². The standard InChI is InChI=1S/C17H26ClNO/c1-4-20-11-16(12(2)3)19-17(13-5-6-13)14-7-9-15(18)10-8-14/h7-10,12-13,16-17,19H,4-6,11H2,1-3H3. The van der Waals surface area contributed by atoms with Crippen molar-refractivity contribution in [2.45, 2.75) is 45.7 Å². The van der Waals surface area contributed by atoms with Crippen LogP contribution in [-0.4, -0.2) is 19.3 Å². The van der Waals surface area contributed by atoms with Crippen LogP contribution < -0.4 is 5.32 Å². The van der Waals surface area contributed by atoms with Gasteiger partial charge in [0.25, 0.3) is 0 Å². The number of rotatable bonds is 8. The molecule has 1 N–H and O–H groups in total. The van der Waals surface area contributed by atoms with Crippen molar-refractivity contribution >= 4 is 11.6 Å². The Hall–Kier alpha value is -0.570. The van der Waals surface area contributed by atoms with E-state index in [-0.39, 0.29) is 0 Å². The van der Waals surface area contributed by atoms with Gasteiger partial charge in [-0.3, -0.25) is 0 Å². The smallest absolute Gasteiger partial charge is 0.0622 e. The molecule has 112 valence electrons. The fourth-order valence-electron chi connectivity index (χ4n) is 2.51. The molecule has 0 spiro atoms. The van der Waals surface area contributed by atoms with Crippen LogP contribution in [0.3, 0.4) is 0 Å². The van der Waals surface area contributed by atoms with Crippen molar-refractivity contribution in [1.82, 2.24) is 5.32 Å². The lowest BCUT2D eigenvalue weighted by atomic mass is 9.98. The molecule has 1 aliphatic rings. The van der Waals surface area contributed by atoms with E-state index in [4.69, 9.17) is 16.3 Å². The third kappa shape index (κ3) is 4.47. The molecule has 0 radical (unpaired) electrons. The van der Waals surface area contributed by atoms with Gasteiger partial charge in [0.15, 0.2) is 0 Å². The molecular weight excluding hydrogens is 270 g/mol. The summed E-state index contributed by atoms with van der Waals surface area (Å²) in [5, 5.41) is 4.62. The third-order valence-electron chi connectivity index (χ3n) is 4.02. The van der Waals surface area contributed by atoms with Gasteiger partial charge in [0.2, 0.25) is 0 Å². The Balaban J connectivity index is 2.06. The van der Waals surface area contributed by atoms with Gasteiger partial charge in [-0.25, -0.2) is 0 Å². The predicted molar refractivity (Wildman–Crippen MR) is 85.2 cm³/mol. The molecule has 0 bridgehead atoms. The van der Waals surface area contributed by atoms with Gasteiger partial charge in [0.1, 0.15) is 0 Å². The monoisotopic (exact) mass is 295 g/mol. The highest BCUT2D eigenvalue weighted by Gasteiger charge is 2.34. The van der Waals surface area contributed by atoms with Crippen molar-refractivity contribution in [2.75, 3.05) is 13.2 Å². The molecule has 1 aromatic carbocycles. The Kier molecular flexibility index (Phi) is 5.88. The maximum atomic E-state index is 6.00. The van der Waals surface area contributed by atoms with Crippen LogP contribution in [0.15, 0.2) is 24.3 Å². The molecular formula is C17H26ClNO. The van der Waals surface area contributed by atoms with Crippen molar-refractivity contribution in [3.05, 3.63) is 34.9 Å². The van der Waals surface area contributed by atoms with Crippen molar-refractivity contribution in [3.63, 3.8) is 0 Å². The number of ether oxygens (including phenoxy) is 1. The lowest BCUT2D eigenvalue weighted by Gasteiger charge is -2.29. The van der Waals surface area contributed by atoms with Gasteiger partial charge in [0, 0.05) is 23.7 Å². The molecule has 1 fully saturated rings. The molecule has 0 heterocycles. The average molecular weight is 296 g/mol. The first-order valence-electron chi connectivity index (χ1n) is 7.71. The Morgan fingerprint density at radius 3 is 2.40 bits per heavy atom. The van der Waals surface area contributed by atoms with Gasteiger partial charge in [-0.1, -0.05) is 37.6 Å². The van der Waals surface area contributed by atoms with Crippen molar-refractivity contribution in [1.29, 1.82) is 0 Å². The second kappa shape index (κ2) is 7.44. The zero-order valence-corrected chi connectivity index (χ0v) is 13.5. The number of nitrogens with one attached hydrogen (secondary N) is 1. The number of hydrogen-bond acceptors (Lipinski definition) is 2. The van der Waals surface area contributed by atoms with E-state index in [9.17, 15) is 0 Å². The summed E-state index contributed by atoms with van der Waals surface area (Å²) in [6, 6.07) is 9.10. The fraction of sp³-hybridized carbons (Fsp3) is 0.647. The largest absolute Gasteiger partial charge is 0.380 e. The molecule has 1 aromatic rings. The second-order valence-electron chi connectivity index (χ2n) is 6.04.